The Morgan fingerprint density at radius 2 is 1.95 bits per heavy atom. The second-order valence-electron chi connectivity index (χ2n) is 4.10. The molecule has 0 aliphatic rings. The first-order valence-electron chi connectivity index (χ1n) is 6.18. The lowest BCUT2D eigenvalue weighted by Crippen LogP contribution is -2.05. The summed E-state index contributed by atoms with van der Waals surface area (Å²) in [6.07, 6.45) is 3.67. The summed E-state index contributed by atoms with van der Waals surface area (Å²) in [5.74, 6) is -0.431. The summed E-state index contributed by atoms with van der Waals surface area (Å²) in [4.78, 5) is 11.8. The van der Waals surface area contributed by atoms with Gasteiger partial charge in [0.15, 0.2) is 0 Å². The Kier molecular flexibility index (Phi) is 4.69. The molecular formula is C17H13NO2. The number of nitriles is 1. The molecule has 0 saturated heterocycles. The van der Waals surface area contributed by atoms with Gasteiger partial charge in [-0.2, -0.15) is 5.26 Å². The molecule has 0 aromatic heterocycles. The van der Waals surface area contributed by atoms with Crippen molar-refractivity contribution < 1.29 is 9.53 Å². The highest BCUT2D eigenvalue weighted by Gasteiger charge is 2.06. The Morgan fingerprint density at radius 3 is 2.70 bits per heavy atom. The molecule has 0 unspecified atom stereocenters. The molecule has 20 heavy (non-hydrogen) atoms. The number of esters is 1. The molecule has 0 fully saturated rings. The summed E-state index contributed by atoms with van der Waals surface area (Å²) in [5.41, 5.74) is 1.88. The van der Waals surface area contributed by atoms with Crippen molar-refractivity contribution in [1.82, 2.24) is 0 Å². The first-order valence-corrected chi connectivity index (χ1v) is 6.18. The molecule has 0 bridgehead atoms. The predicted molar refractivity (Wildman–Crippen MR) is 76.9 cm³/mol. The van der Waals surface area contributed by atoms with Crippen molar-refractivity contribution in [3.8, 4) is 6.07 Å². The predicted octanol–water partition coefficient (Wildman–Crippen LogP) is 3.43. The fourth-order valence-electron chi connectivity index (χ4n) is 1.67. The van der Waals surface area contributed by atoms with Crippen molar-refractivity contribution in [3.63, 3.8) is 0 Å². The zero-order valence-corrected chi connectivity index (χ0v) is 10.8. The molecule has 0 N–H and O–H groups in total. The van der Waals surface area contributed by atoms with Crippen LogP contribution in [0.1, 0.15) is 21.5 Å². The summed E-state index contributed by atoms with van der Waals surface area (Å²) < 4.78 is 5.11. The SMILES string of the molecule is N#Cc1cccc(C(=O)OCC=Cc2ccccc2)c1. The lowest BCUT2D eigenvalue weighted by molar-refractivity contribution is 0.0550. The van der Waals surface area contributed by atoms with Gasteiger partial charge >= 0.3 is 5.97 Å². The average Bonchev–Trinajstić information content (AvgIpc) is 2.52. The second kappa shape index (κ2) is 6.91. The van der Waals surface area contributed by atoms with E-state index in [-0.39, 0.29) is 6.61 Å². The molecule has 0 aliphatic carbocycles. The van der Waals surface area contributed by atoms with Crippen LogP contribution < -0.4 is 0 Å². The van der Waals surface area contributed by atoms with Gasteiger partial charge in [-0.15, -0.1) is 0 Å². The van der Waals surface area contributed by atoms with Crippen LogP contribution in [0, 0.1) is 11.3 Å². The Balaban J connectivity index is 1.89. The third kappa shape index (κ3) is 3.82. The van der Waals surface area contributed by atoms with Gasteiger partial charge in [-0.3, -0.25) is 0 Å². The Hall–Kier alpha value is -2.86. The number of hydrogen-bond acceptors (Lipinski definition) is 3. The van der Waals surface area contributed by atoms with Crippen LogP contribution in [0.15, 0.2) is 60.7 Å². The van der Waals surface area contributed by atoms with Gasteiger partial charge in [0.05, 0.1) is 17.2 Å². The zero-order chi connectivity index (χ0) is 14.2. The number of ether oxygens (including phenoxy) is 1. The molecule has 0 radical (unpaired) electrons. The number of benzene rings is 2. The Morgan fingerprint density at radius 1 is 1.15 bits per heavy atom. The van der Waals surface area contributed by atoms with E-state index in [0.29, 0.717) is 11.1 Å². The summed E-state index contributed by atoms with van der Waals surface area (Å²) >= 11 is 0. The topological polar surface area (TPSA) is 50.1 Å². The fraction of sp³-hybridized carbons (Fsp3) is 0.0588. The van der Waals surface area contributed by atoms with Gasteiger partial charge < -0.3 is 4.74 Å². The molecule has 0 spiro atoms. The molecule has 0 aliphatic heterocycles. The van der Waals surface area contributed by atoms with E-state index < -0.39 is 5.97 Å². The van der Waals surface area contributed by atoms with Crippen molar-refractivity contribution in [3.05, 3.63) is 77.4 Å². The lowest BCUT2D eigenvalue weighted by atomic mass is 10.1. The van der Waals surface area contributed by atoms with Crippen molar-refractivity contribution in [2.45, 2.75) is 0 Å². The van der Waals surface area contributed by atoms with Gasteiger partial charge in [-0.1, -0.05) is 42.5 Å². The molecule has 3 heteroatoms. The normalized spacial score (nSPS) is 10.2. The summed E-state index contributed by atoms with van der Waals surface area (Å²) in [5, 5.41) is 8.77. The largest absolute Gasteiger partial charge is 0.458 e. The lowest BCUT2D eigenvalue weighted by Gasteiger charge is -2.02. The molecule has 3 nitrogen and oxygen atoms in total. The molecule has 0 heterocycles. The maximum absolute atomic E-state index is 11.8. The monoisotopic (exact) mass is 263 g/mol. The highest BCUT2D eigenvalue weighted by molar-refractivity contribution is 5.89. The number of carbonyl (C=O) groups is 1. The van der Waals surface area contributed by atoms with Crippen molar-refractivity contribution in [2.75, 3.05) is 6.61 Å². The van der Waals surface area contributed by atoms with Crippen LogP contribution in [0.3, 0.4) is 0 Å². The number of hydrogen-bond donors (Lipinski definition) is 0. The van der Waals surface area contributed by atoms with Crippen LogP contribution in [0.5, 0.6) is 0 Å². The quantitative estimate of drug-likeness (QED) is 0.794. The first-order chi connectivity index (χ1) is 9.79. The molecule has 0 amide bonds. The van der Waals surface area contributed by atoms with Gasteiger partial charge in [0.2, 0.25) is 0 Å². The van der Waals surface area contributed by atoms with Crippen molar-refractivity contribution in [1.29, 1.82) is 5.26 Å². The third-order valence-corrected chi connectivity index (χ3v) is 2.65. The Bertz CT molecular complexity index is 654. The van der Waals surface area contributed by atoms with Gasteiger partial charge in [-0.25, -0.2) is 4.79 Å². The van der Waals surface area contributed by atoms with E-state index in [0.717, 1.165) is 5.56 Å². The van der Waals surface area contributed by atoms with Gasteiger partial charge in [0.1, 0.15) is 6.61 Å². The number of rotatable bonds is 4. The fourth-order valence-corrected chi connectivity index (χ4v) is 1.67. The smallest absolute Gasteiger partial charge is 0.338 e. The van der Waals surface area contributed by atoms with Crippen LogP contribution in [0.4, 0.5) is 0 Å². The number of nitrogens with zero attached hydrogens (tertiary/aromatic N) is 1. The average molecular weight is 263 g/mol. The molecule has 2 rings (SSSR count). The van der Waals surface area contributed by atoms with Crippen LogP contribution in [0.25, 0.3) is 6.08 Å². The molecule has 2 aromatic carbocycles. The van der Waals surface area contributed by atoms with E-state index in [2.05, 4.69) is 0 Å². The summed E-state index contributed by atoms with van der Waals surface area (Å²) in [6, 6.07) is 18.2. The Labute approximate surface area is 117 Å². The van der Waals surface area contributed by atoms with Gasteiger partial charge in [0, 0.05) is 0 Å². The molecule has 0 saturated carbocycles. The van der Waals surface area contributed by atoms with E-state index in [9.17, 15) is 4.79 Å². The van der Waals surface area contributed by atoms with Crippen LogP contribution >= 0.6 is 0 Å². The second-order valence-corrected chi connectivity index (χ2v) is 4.10. The highest BCUT2D eigenvalue weighted by atomic mass is 16.5. The van der Waals surface area contributed by atoms with E-state index in [4.69, 9.17) is 10.00 Å². The van der Waals surface area contributed by atoms with Gasteiger partial charge in [0.25, 0.3) is 0 Å². The van der Waals surface area contributed by atoms with Crippen LogP contribution in [0.2, 0.25) is 0 Å². The van der Waals surface area contributed by atoms with Crippen LogP contribution in [-0.2, 0) is 4.74 Å². The first kappa shape index (κ1) is 13.6. The zero-order valence-electron chi connectivity index (χ0n) is 10.8. The minimum absolute atomic E-state index is 0.199. The summed E-state index contributed by atoms with van der Waals surface area (Å²) in [6.45, 7) is 0.199. The maximum atomic E-state index is 11.8. The molecule has 0 atom stereocenters. The minimum atomic E-state index is -0.431. The van der Waals surface area contributed by atoms with E-state index in [1.807, 2.05) is 42.5 Å². The standard InChI is InChI=1S/C17H13NO2/c18-13-15-8-4-10-16(12-15)17(19)20-11-5-9-14-6-2-1-3-7-14/h1-10,12H,11H2. The molecular weight excluding hydrogens is 250 g/mol. The van der Waals surface area contributed by atoms with Gasteiger partial charge in [-0.05, 0) is 29.8 Å². The van der Waals surface area contributed by atoms with E-state index in [1.165, 1.54) is 6.07 Å². The molecule has 2 aromatic rings. The van der Waals surface area contributed by atoms with Crippen molar-refractivity contribution >= 4 is 12.0 Å². The van der Waals surface area contributed by atoms with Crippen LogP contribution in [-0.4, -0.2) is 12.6 Å². The number of carbonyl (C=O) groups excluding carboxylic acids is 1. The third-order valence-electron chi connectivity index (χ3n) is 2.65. The van der Waals surface area contributed by atoms with Crippen molar-refractivity contribution in [2.24, 2.45) is 0 Å². The van der Waals surface area contributed by atoms with E-state index >= 15 is 0 Å². The minimum Gasteiger partial charge on any atom is -0.458 e. The van der Waals surface area contributed by atoms with E-state index in [1.54, 1.807) is 24.3 Å². The summed E-state index contributed by atoms with van der Waals surface area (Å²) in [7, 11) is 0. The molecule has 98 valence electrons. The highest BCUT2D eigenvalue weighted by Crippen LogP contribution is 2.06. The maximum Gasteiger partial charge on any atom is 0.338 e.